The Balaban J connectivity index is 1.51. The standard InChI is InChI=1S/C22H25ClN4O3/c1-28-20-14-19-16(13-21(20)30-10-4-7-27-8-11-29-12-9-27)22(25-15-24-19)26-18-6-3-2-5-17(18)23/h2-3,5-6,13-15H,4,7-12H2,1H3,(H,24,25,26). The summed E-state index contributed by atoms with van der Waals surface area (Å²) in [4.78, 5) is 11.2. The lowest BCUT2D eigenvalue weighted by Crippen LogP contribution is -2.37. The monoisotopic (exact) mass is 428 g/mol. The number of halogens is 1. The van der Waals surface area contributed by atoms with Crippen LogP contribution in [0.15, 0.2) is 42.7 Å². The number of nitrogens with one attached hydrogen (secondary N) is 1. The maximum absolute atomic E-state index is 6.29. The van der Waals surface area contributed by atoms with Crippen molar-refractivity contribution in [2.24, 2.45) is 0 Å². The van der Waals surface area contributed by atoms with E-state index >= 15 is 0 Å². The highest BCUT2D eigenvalue weighted by molar-refractivity contribution is 6.33. The second-order valence-corrected chi connectivity index (χ2v) is 7.41. The molecule has 1 fully saturated rings. The summed E-state index contributed by atoms with van der Waals surface area (Å²) < 4.78 is 17.0. The summed E-state index contributed by atoms with van der Waals surface area (Å²) >= 11 is 6.29. The number of methoxy groups -OCH3 is 1. The van der Waals surface area contributed by atoms with Gasteiger partial charge in [0.25, 0.3) is 0 Å². The fraction of sp³-hybridized carbons (Fsp3) is 0.364. The van der Waals surface area contributed by atoms with E-state index in [9.17, 15) is 0 Å². The maximum atomic E-state index is 6.29. The molecule has 8 heteroatoms. The molecule has 1 aliphatic rings. The Morgan fingerprint density at radius 2 is 1.97 bits per heavy atom. The minimum absolute atomic E-state index is 0.597. The summed E-state index contributed by atoms with van der Waals surface area (Å²) in [5.41, 5.74) is 1.54. The van der Waals surface area contributed by atoms with Crippen molar-refractivity contribution in [2.45, 2.75) is 6.42 Å². The lowest BCUT2D eigenvalue weighted by molar-refractivity contribution is 0.0357. The third-order valence-electron chi connectivity index (χ3n) is 5.03. The third kappa shape index (κ3) is 4.92. The van der Waals surface area contributed by atoms with Crippen molar-refractivity contribution in [3.05, 3.63) is 47.7 Å². The molecule has 1 N–H and O–H groups in total. The van der Waals surface area contributed by atoms with Crippen molar-refractivity contribution in [1.29, 1.82) is 0 Å². The van der Waals surface area contributed by atoms with E-state index in [1.807, 2.05) is 36.4 Å². The number of rotatable bonds is 8. The molecule has 1 aromatic heterocycles. The highest BCUT2D eigenvalue weighted by atomic mass is 35.5. The summed E-state index contributed by atoms with van der Waals surface area (Å²) in [7, 11) is 1.63. The molecular formula is C22H25ClN4O3. The number of nitrogens with zero attached hydrogens (tertiary/aromatic N) is 3. The van der Waals surface area contributed by atoms with Gasteiger partial charge in [0.1, 0.15) is 12.1 Å². The van der Waals surface area contributed by atoms with Crippen LogP contribution in [-0.2, 0) is 4.74 Å². The number of anilines is 2. The first kappa shape index (κ1) is 20.7. The topological polar surface area (TPSA) is 68.7 Å². The smallest absolute Gasteiger partial charge is 0.162 e. The fourth-order valence-corrected chi connectivity index (χ4v) is 3.60. The van der Waals surface area contributed by atoms with Crippen LogP contribution in [0.2, 0.25) is 5.02 Å². The summed E-state index contributed by atoms with van der Waals surface area (Å²) in [5.74, 6) is 1.98. The maximum Gasteiger partial charge on any atom is 0.162 e. The van der Waals surface area contributed by atoms with Crippen LogP contribution in [0, 0.1) is 0 Å². The van der Waals surface area contributed by atoms with Crippen LogP contribution in [0.5, 0.6) is 11.5 Å². The first-order valence-corrected chi connectivity index (χ1v) is 10.4. The fourth-order valence-electron chi connectivity index (χ4n) is 3.42. The molecule has 0 amide bonds. The van der Waals surface area contributed by atoms with Gasteiger partial charge in [-0.05, 0) is 24.6 Å². The van der Waals surface area contributed by atoms with Crippen molar-refractivity contribution in [2.75, 3.05) is 51.9 Å². The van der Waals surface area contributed by atoms with Crippen LogP contribution in [0.4, 0.5) is 11.5 Å². The molecule has 30 heavy (non-hydrogen) atoms. The molecule has 2 aromatic carbocycles. The molecule has 158 valence electrons. The van der Waals surface area contributed by atoms with Crippen LogP contribution in [0.3, 0.4) is 0 Å². The number of aromatic nitrogens is 2. The normalized spacial score (nSPS) is 14.6. The zero-order valence-electron chi connectivity index (χ0n) is 16.9. The van der Waals surface area contributed by atoms with Gasteiger partial charge in [0.15, 0.2) is 11.5 Å². The highest BCUT2D eigenvalue weighted by Gasteiger charge is 2.14. The average molecular weight is 429 g/mol. The van der Waals surface area contributed by atoms with Crippen molar-refractivity contribution < 1.29 is 14.2 Å². The van der Waals surface area contributed by atoms with E-state index in [-0.39, 0.29) is 0 Å². The summed E-state index contributed by atoms with van der Waals surface area (Å²) in [6.45, 7) is 5.16. The molecule has 0 saturated carbocycles. The van der Waals surface area contributed by atoms with E-state index in [4.69, 9.17) is 25.8 Å². The number of hydrogen-bond acceptors (Lipinski definition) is 7. The number of ether oxygens (including phenoxy) is 3. The molecular weight excluding hydrogens is 404 g/mol. The van der Waals surface area contributed by atoms with Gasteiger partial charge in [-0.2, -0.15) is 0 Å². The lowest BCUT2D eigenvalue weighted by Gasteiger charge is -2.26. The number of benzene rings is 2. The Hall–Kier alpha value is -2.61. The molecule has 0 unspecified atom stereocenters. The Morgan fingerprint density at radius 1 is 1.13 bits per heavy atom. The second kappa shape index (κ2) is 9.93. The third-order valence-corrected chi connectivity index (χ3v) is 5.36. The van der Waals surface area contributed by atoms with Crippen LogP contribution >= 0.6 is 11.6 Å². The predicted octanol–water partition coefficient (Wildman–Crippen LogP) is 4.14. The van der Waals surface area contributed by atoms with E-state index in [0.29, 0.717) is 28.9 Å². The predicted molar refractivity (Wildman–Crippen MR) is 118 cm³/mol. The number of para-hydroxylation sites is 1. The summed E-state index contributed by atoms with van der Waals surface area (Å²) in [6.07, 6.45) is 2.45. The van der Waals surface area contributed by atoms with Crippen LogP contribution in [0.25, 0.3) is 10.9 Å². The zero-order valence-corrected chi connectivity index (χ0v) is 17.7. The zero-order chi connectivity index (χ0) is 20.8. The molecule has 7 nitrogen and oxygen atoms in total. The molecule has 0 atom stereocenters. The van der Waals surface area contributed by atoms with Gasteiger partial charge in [-0.15, -0.1) is 0 Å². The van der Waals surface area contributed by atoms with E-state index in [2.05, 4.69) is 20.2 Å². The summed E-state index contributed by atoms with van der Waals surface area (Å²) in [6, 6.07) is 11.3. The van der Waals surface area contributed by atoms with E-state index in [1.165, 1.54) is 6.33 Å². The van der Waals surface area contributed by atoms with E-state index in [0.717, 1.165) is 55.9 Å². The minimum Gasteiger partial charge on any atom is -0.493 e. The molecule has 2 heterocycles. The van der Waals surface area contributed by atoms with E-state index in [1.54, 1.807) is 7.11 Å². The average Bonchev–Trinajstić information content (AvgIpc) is 2.78. The van der Waals surface area contributed by atoms with Gasteiger partial charge in [-0.1, -0.05) is 23.7 Å². The molecule has 4 rings (SSSR count). The van der Waals surface area contributed by atoms with E-state index < -0.39 is 0 Å². The van der Waals surface area contributed by atoms with Crippen LogP contribution < -0.4 is 14.8 Å². The first-order chi connectivity index (χ1) is 14.7. The molecule has 0 spiro atoms. The van der Waals surface area contributed by atoms with Crippen molar-refractivity contribution in [3.8, 4) is 11.5 Å². The molecule has 3 aromatic rings. The quantitative estimate of drug-likeness (QED) is 0.541. The van der Waals surface area contributed by atoms with Crippen molar-refractivity contribution in [1.82, 2.24) is 14.9 Å². The Kier molecular flexibility index (Phi) is 6.84. The van der Waals surface area contributed by atoms with Gasteiger partial charge < -0.3 is 19.5 Å². The molecule has 0 radical (unpaired) electrons. The van der Waals surface area contributed by atoms with Gasteiger partial charge in [-0.3, -0.25) is 4.90 Å². The van der Waals surface area contributed by atoms with Crippen molar-refractivity contribution in [3.63, 3.8) is 0 Å². The van der Waals surface area contributed by atoms with Gasteiger partial charge in [0, 0.05) is 31.1 Å². The molecule has 1 aliphatic heterocycles. The Bertz CT molecular complexity index is 995. The van der Waals surface area contributed by atoms with Gasteiger partial charge in [0.05, 0.1) is 43.2 Å². The molecule has 1 saturated heterocycles. The summed E-state index contributed by atoms with van der Waals surface area (Å²) in [5, 5.41) is 4.75. The minimum atomic E-state index is 0.597. The Morgan fingerprint density at radius 3 is 2.77 bits per heavy atom. The number of morpholine rings is 1. The number of hydrogen-bond donors (Lipinski definition) is 1. The van der Waals surface area contributed by atoms with Crippen LogP contribution in [-0.4, -0.2) is 61.4 Å². The number of fused-ring (bicyclic) bond motifs is 1. The largest absolute Gasteiger partial charge is 0.493 e. The highest BCUT2D eigenvalue weighted by Crippen LogP contribution is 2.35. The van der Waals surface area contributed by atoms with Crippen LogP contribution in [0.1, 0.15) is 6.42 Å². The molecule has 0 bridgehead atoms. The SMILES string of the molecule is COc1cc2ncnc(Nc3ccccc3Cl)c2cc1OCCCN1CCOCC1. The second-order valence-electron chi connectivity index (χ2n) is 7.00. The van der Waals surface area contributed by atoms with Gasteiger partial charge in [0.2, 0.25) is 0 Å². The van der Waals surface area contributed by atoms with Gasteiger partial charge >= 0.3 is 0 Å². The van der Waals surface area contributed by atoms with Crippen molar-refractivity contribution >= 4 is 34.0 Å². The lowest BCUT2D eigenvalue weighted by atomic mass is 10.2. The Labute approximate surface area is 180 Å². The van der Waals surface area contributed by atoms with Gasteiger partial charge in [-0.25, -0.2) is 9.97 Å². The molecule has 0 aliphatic carbocycles. The first-order valence-electron chi connectivity index (χ1n) is 10.0.